The molecule has 0 aliphatic carbocycles. The summed E-state index contributed by atoms with van der Waals surface area (Å²) in [4.78, 5) is 33.2. The number of rotatable bonds is 3. The highest BCUT2D eigenvalue weighted by Gasteiger charge is 2.31. The quantitative estimate of drug-likeness (QED) is 0.850. The summed E-state index contributed by atoms with van der Waals surface area (Å²) < 4.78 is 0. The molecule has 1 aliphatic heterocycles. The van der Waals surface area contributed by atoms with Crippen LogP contribution in [0, 0.1) is 0 Å². The van der Waals surface area contributed by atoms with E-state index in [-0.39, 0.29) is 11.9 Å². The Balaban J connectivity index is 1.81. The minimum absolute atomic E-state index is 0.0188. The molecule has 0 aromatic carbocycles. The third-order valence-corrected chi connectivity index (χ3v) is 3.72. The van der Waals surface area contributed by atoms with Crippen LogP contribution < -0.4 is 4.90 Å². The Morgan fingerprint density at radius 1 is 1.18 bits per heavy atom. The summed E-state index contributed by atoms with van der Waals surface area (Å²) in [5, 5.41) is 0. The van der Waals surface area contributed by atoms with Crippen molar-refractivity contribution in [2.24, 2.45) is 0 Å². The van der Waals surface area contributed by atoms with Crippen molar-refractivity contribution in [2.45, 2.75) is 18.9 Å². The van der Waals surface area contributed by atoms with Crippen LogP contribution in [0.2, 0.25) is 0 Å². The van der Waals surface area contributed by atoms with Gasteiger partial charge >= 0.3 is 0 Å². The molecule has 2 aromatic heterocycles. The summed E-state index contributed by atoms with van der Waals surface area (Å²) in [5.74, 6) is 0.530. The molecule has 7 heteroatoms. The number of nitrogens with zero attached hydrogens (tertiary/aromatic N) is 6. The predicted octanol–water partition coefficient (Wildman–Crippen LogP) is 1.31. The van der Waals surface area contributed by atoms with Crippen molar-refractivity contribution < 1.29 is 4.79 Å². The largest absolute Gasteiger partial charge is 0.347 e. The molecule has 0 spiro atoms. The Morgan fingerprint density at radius 3 is 2.59 bits per heavy atom. The third kappa shape index (κ3) is 2.74. The number of carbonyl (C=O) groups is 1. The van der Waals surface area contributed by atoms with Crippen LogP contribution in [0.4, 0.5) is 5.95 Å². The molecule has 0 unspecified atom stereocenters. The first-order valence-corrected chi connectivity index (χ1v) is 7.23. The molecule has 1 saturated heterocycles. The van der Waals surface area contributed by atoms with Crippen LogP contribution >= 0.6 is 0 Å². The van der Waals surface area contributed by atoms with Crippen LogP contribution in [0.5, 0.6) is 0 Å². The molecule has 0 bridgehead atoms. The second-order valence-corrected chi connectivity index (χ2v) is 5.45. The molecule has 7 nitrogen and oxygen atoms in total. The highest BCUT2D eigenvalue weighted by Crippen LogP contribution is 2.31. The maximum Gasteiger partial charge on any atom is 0.257 e. The maximum atomic E-state index is 12.7. The SMILES string of the molecule is CN(C)c1ncc(C(=O)N2CCC[C@@H]2c2cnccn2)cn1. The average Bonchev–Trinajstić information content (AvgIpc) is 3.04. The zero-order valence-electron chi connectivity index (χ0n) is 12.7. The molecule has 22 heavy (non-hydrogen) atoms. The van der Waals surface area contributed by atoms with Gasteiger partial charge in [-0.3, -0.25) is 14.8 Å². The number of amides is 1. The fourth-order valence-corrected chi connectivity index (χ4v) is 2.63. The monoisotopic (exact) mass is 298 g/mol. The Labute approximate surface area is 129 Å². The van der Waals surface area contributed by atoms with E-state index in [2.05, 4.69) is 19.9 Å². The molecule has 3 rings (SSSR count). The zero-order chi connectivity index (χ0) is 15.5. The number of likely N-dealkylation sites (tertiary alicyclic amines) is 1. The van der Waals surface area contributed by atoms with E-state index in [0.29, 0.717) is 11.5 Å². The minimum atomic E-state index is -0.0570. The summed E-state index contributed by atoms with van der Waals surface area (Å²) in [5.41, 5.74) is 1.33. The van der Waals surface area contributed by atoms with Crippen molar-refractivity contribution in [1.82, 2.24) is 24.8 Å². The average molecular weight is 298 g/mol. The lowest BCUT2D eigenvalue weighted by molar-refractivity contribution is 0.0732. The predicted molar refractivity (Wildman–Crippen MR) is 81.4 cm³/mol. The fraction of sp³-hybridized carbons (Fsp3) is 0.400. The van der Waals surface area contributed by atoms with Gasteiger partial charge in [-0.05, 0) is 12.8 Å². The smallest absolute Gasteiger partial charge is 0.257 e. The van der Waals surface area contributed by atoms with Gasteiger partial charge < -0.3 is 9.80 Å². The van der Waals surface area contributed by atoms with E-state index in [4.69, 9.17) is 0 Å². The molecule has 1 fully saturated rings. The number of aromatic nitrogens is 4. The summed E-state index contributed by atoms with van der Waals surface area (Å²) >= 11 is 0. The van der Waals surface area contributed by atoms with Gasteiger partial charge in [-0.25, -0.2) is 9.97 Å². The summed E-state index contributed by atoms with van der Waals surface area (Å²) in [6.07, 6.45) is 10.0. The van der Waals surface area contributed by atoms with E-state index in [9.17, 15) is 4.79 Å². The number of carbonyl (C=O) groups excluding carboxylic acids is 1. The first-order chi connectivity index (χ1) is 10.7. The van der Waals surface area contributed by atoms with Crippen LogP contribution in [-0.2, 0) is 0 Å². The van der Waals surface area contributed by atoms with E-state index >= 15 is 0 Å². The molecule has 1 atom stereocenters. The molecule has 0 N–H and O–H groups in total. The summed E-state index contributed by atoms with van der Waals surface area (Å²) in [6, 6.07) is -0.0188. The van der Waals surface area contributed by atoms with E-state index in [0.717, 1.165) is 25.1 Å². The molecular formula is C15H18N6O. The lowest BCUT2D eigenvalue weighted by Crippen LogP contribution is -2.31. The fourth-order valence-electron chi connectivity index (χ4n) is 2.63. The molecule has 0 radical (unpaired) electrons. The molecule has 2 aromatic rings. The summed E-state index contributed by atoms with van der Waals surface area (Å²) in [7, 11) is 3.73. The van der Waals surface area contributed by atoms with E-state index in [1.807, 2.05) is 19.0 Å². The second-order valence-electron chi connectivity index (χ2n) is 5.45. The molecule has 1 aliphatic rings. The normalized spacial score (nSPS) is 17.5. The van der Waals surface area contributed by atoms with Gasteiger partial charge in [-0.1, -0.05) is 0 Å². The minimum Gasteiger partial charge on any atom is -0.347 e. The highest BCUT2D eigenvalue weighted by molar-refractivity contribution is 5.94. The van der Waals surface area contributed by atoms with Gasteiger partial charge in [0.25, 0.3) is 5.91 Å². The van der Waals surface area contributed by atoms with Crippen LogP contribution in [-0.4, -0.2) is 51.4 Å². The standard InChI is InChI=1S/C15H18N6O/c1-20(2)15-18-8-11(9-19-15)14(22)21-7-3-4-13(21)12-10-16-5-6-17-12/h5-6,8-10,13H,3-4,7H2,1-2H3/t13-/m1/s1. The van der Waals surface area contributed by atoms with Gasteiger partial charge in [0.15, 0.2) is 0 Å². The van der Waals surface area contributed by atoms with Crippen molar-refractivity contribution in [3.05, 3.63) is 42.2 Å². The second kappa shape index (κ2) is 6.05. The lowest BCUT2D eigenvalue weighted by atomic mass is 10.1. The van der Waals surface area contributed by atoms with Gasteiger partial charge in [-0.2, -0.15) is 0 Å². The van der Waals surface area contributed by atoms with Crippen molar-refractivity contribution in [1.29, 1.82) is 0 Å². The van der Waals surface area contributed by atoms with Crippen LogP contribution in [0.15, 0.2) is 31.0 Å². The van der Waals surface area contributed by atoms with Gasteiger partial charge in [0.1, 0.15) is 0 Å². The Kier molecular flexibility index (Phi) is 3.95. The van der Waals surface area contributed by atoms with E-state index in [1.165, 1.54) is 0 Å². The van der Waals surface area contributed by atoms with Crippen molar-refractivity contribution in [3.8, 4) is 0 Å². The van der Waals surface area contributed by atoms with Crippen molar-refractivity contribution in [2.75, 3.05) is 25.5 Å². The Hall–Kier alpha value is -2.57. The topological polar surface area (TPSA) is 75.1 Å². The summed E-state index contributed by atoms with van der Waals surface area (Å²) in [6.45, 7) is 0.718. The first kappa shape index (κ1) is 14.4. The van der Waals surface area contributed by atoms with Gasteiger partial charge in [0.05, 0.1) is 23.5 Å². The maximum absolute atomic E-state index is 12.7. The van der Waals surface area contributed by atoms with Gasteiger partial charge in [0.2, 0.25) is 5.95 Å². The third-order valence-electron chi connectivity index (χ3n) is 3.72. The first-order valence-electron chi connectivity index (χ1n) is 7.23. The molecular weight excluding hydrogens is 280 g/mol. The lowest BCUT2D eigenvalue weighted by Gasteiger charge is -2.24. The zero-order valence-corrected chi connectivity index (χ0v) is 12.7. The van der Waals surface area contributed by atoms with Crippen molar-refractivity contribution in [3.63, 3.8) is 0 Å². The van der Waals surface area contributed by atoms with Crippen LogP contribution in [0.25, 0.3) is 0 Å². The Morgan fingerprint density at radius 2 is 1.95 bits per heavy atom. The highest BCUT2D eigenvalue weighted by atomic mass is 16.2. The molecule has 3 heterocycles. The number of hydrogen-bond donors (Lipinski definition) is 0. The van der Waals surface area contributed by atoms with Gasteiger partial charge in [0, 0.05) is 45.4 Å². The molecule has 0 saturated carbocycles. The van der Waals surface area contributed by atoms with Crippen LogP contribution in [0.3, 0.4) is 0 Å². The van der Waals surface area contributed by atoms with Crippen molar-refractivity contribution >= 4 is 11.9 Å². The van der Waals surface area contributed by atoms with E-state index in [1.54, 1.807) is 35.9 Å². The molecule has 1 amide bonds. The van der Waals surface area contributed by atoms with Crippen LogP contribution in [0.1, 0.15) is 34.9 Å². The van der Waals surface area contributed by atoms with Gasteiger partial charge in [-0.15, -0.1) is 0 Å². The van der Waals surface area contributed by atoms with E-state index < -0.39 is 0 Å². The number of anilines is 1. The molecule has 114 valence electrons. The Bertz CT molecular complexity index is 643. The number of hydrogen-bond acceptors (Lipinski definition) is 6.